The molecular formula is C17H20N2O2. The molecule has 21 heavy (non-hydrogen) atoms. The molecule has 2 rings (SSSR count). The Balaban J connectivity index is 1.77. The number of pyridine rings is 1. The van der Waals surface area contributed by atoms with E-state index in [1.54, 1.807) is 6.07 Å². The molecule has 1 aromatic carbocycles. The van der Waals surface area contributed by atoms with Gasteiger partial charge in [0.1, 0.15) is 5.69 Å². The molecule has 4 heteroatoms. The van der Waals surface area contributed by atoms with Crippen LogP contribution in [-0.4, -0.2) is 22.6 Å². The number of carboxylic acids is 1. The van der Waals surface area contributed by atoms with Gasteiger partial charge in [0.15, 0.2) is 0 Å². The van der Waals surface area contributed by atoms with Gasteiger partial charge in [0.05, 0.1) is 5.69 Å². The highest BCUT2D eigenvalue weighted by molar-refractivity contribution is 5.85. The Kier molecular flexibility index (Phi) is 5.46. The van der Waals surface area contributed by atoms with Crippen molar-refractivity contribution in [3.05, 3.63) is 65.5 Å². The van der Waals surface area contributed by atoms with Crippen molar-refractivity contribution in [1.29, 1.82) is 0 Å². The lowest BCUT2D eigenvalue weighted by molar-refractivity contribution is 0.0690. The minimum absolute atomic E-state index is 0.0898. The smallest absolute Gasteiger partial charge is 0.354 e. The summed E-state index contributed by atoms with van der Waals surface area (Å²) in [6.45, 7) is 3.66. The van der Waals surface area contributed by atoms with Crippen LogP contribution in [-0.2, 0) is 6.54 Å². The van der Waals surface area contributed by atoms with Crippen molar-refractivity contribution >= 4 is 5.97 Å². The Hall–Kier alpha value is -2.20. The van der Waals surface area contributed by atoms with Gasteiger partial charge in [-0.25, -0.2) is 9.78 Å². The molecule has 0 spiro atoms. The molecule has 1 heterocycles. The van der Waals surface area contributed by atoms with E-state index in [9.17, 15) is 4.79 Å². The van der Waals surface area contributed by atoms with Gasteiger partial charge in [0.2, 0.25) is 0 Å². The standard InChI is InChI=1S/C17H20N2O2/c1-13(14-6-3-2-4-7-14)10-11-18-12-15-8-5-9-16(19-15)17(20)21/h2-9,13,18H,10-12H2,1H3,(H,20,21). The summed E-state index contributed by atoms with van der Waals surface area (Å²) in [6.07, 6.45) is 1.03. The Morgan fingerprint density at radius 2 is 1.95 bits per heavy atom. The first-order valence-electron chi connectivity index (χ1n) is 7.11. The number of aromatic carboxylic acids is 1. The van der Waals surface area contributed by atoms with Crippen LogP contribution < -0.4 is 5.32 Å². The van der Waals surface area contributed by atoms with Crippen LogP contribution in [0.1, 0.15) is 41.0 Å². The van der Waals surface area contributed by atoms with E-state index in [1.165, 1.54) is 11.6 Å². The Morgan fingerprint density at radius 3 is 2.67 bits per heavy atom. The van der Waals surface area contributed by atoms with Crippen molar-refractivity contribution in [1.82, 2.24) is 10.3 Å². The number of aromatic nitrogens is 1. The molecule has 2 aromatic rings. The zero-order valence-electron chi connectivity index (χ0n) is 12.1. The summed E-state index contributed by atoms with van der Waals surface area (Å²) in [4.78, 5) is 14.9. The summed E-state index contributed by atoms with van der Waals surface area (Å²) in [6, 6.07) is 15.5. The lowest BCUT2D eigenvalue weighted by Gasteiger charge is -2.12. The summed E-state index contributed by atoms with van der Waals surface area (Å²) in [7, 11) is 0. The topological polar surface area (TPSA) is 62.2 Å². The van der Waals surface area contributed by atoms with E-state index in [-0.39, 0.29) is 5.69 Å². The first kappa shape index (κ1) is 15.2. The maximum Gasteiger partial charge on any atom is 0.354 e. The molecule has 1 atom stereocenters. The van der Waals surface area contributed by atoms with E-state index in [0.29, 0.717) is 12.5 Å². The molecule has 2 N–H and O–H groups in total. The molecule has 0 amide bonds. The summed E-state index contributed by atoms with van der Waals surface area (Å²) >= 11 is 0. The second-order valence-electron chi connectivity index (χ2n) is 5.10. The van der Waals surface area contributed by atoms with Crippen LogP contribution in [0.2, 0.25) is 0 Å². The molecule has 0 radical (unpaired) electrons. The second kappa shape index (κ2) is 7.55. The lowest BCUT2D eigenvalue weighted by Crippen LogP contribution is -2.18. The van der Waals surface area contributed by atoms with Crippen molar-refractivity contribution in [3.63, 3.8) is 0 Å². The SMILES string of the molecule is CC(CCNCc1cccc(C(=O)O)n1)c1ccccc1. The van der Waals surface area contributed by atoms with Gasteiger partial charge in [-0.3, -0.25) is 0 Å². The van der Waals surface area contributed by atoms with E-state index in [2.05, 4.69) is 41.5 Å². The first-order chi connectivity index (χ1) is 10.2. The number of rotatable bonds is 7. The van der Waals surface area contributed by atoms with Crippen molar-refractivity contribution < 1.29 is 9.90 Å². The maximum absolute atomic E-state index is 10.8. The number of benzene rings is 1. The predicted octanol–water partition coefficient (Wildman–Crippen LogP) is 3.06. The molecule has 0 fully saturated rings. The van der Waals surface area contributed by atoms with Crippen LogP contribution in [0.4, 0.5) is 0 Å². The average Bonchev–Trinajstić information content (AvgIpc) is 2.52. The number of hydrogen-bond acceptors (Lipinski definition) is 3. The quantitative estimate of drug-likeness (QED) is 0.767. The highest BCUT2D eigenvalue weighted by Crippen LogP contribution is 2.17. The molecule has 0 saturated heterocycles. The minimum atomic E-state index is -0.991. The van der Waals surface area contributed by atoms with E-state index >= 15 is 0 Å². The van der Waals surface area contributed by atoms with Crippen LogP contribution in [0.25, 0.3) is 0 Å². The zero-order chi connectivity index (χ0) is 15.1. The van der Waals surface area contributed by atoms with Gasteiger partial charge in [0.25, 0.3) is 0 Å². The van der Waals surface area contributed by atoms with Crippen molar-refractivity contribution in [2.75, 3.05) is 6.54 Å². The van der Waals surface area contributed by atoms with Gasteiger partial charge in [0, 0.05) is 6.54 Å². The van der Waals surface area contributed by atoms with Gasteiger partial charge < -0.3 is 10.4 Å². The second-order valence-corrected chi connectivity index (χ2v) is 5.10. The molecule has 4 nitrogen and oxygen atoms in total. The van der Waals surface area contributed by atoms with Crippen LogP contribution in [0.3, 0.4) is 0 Å². The molecule has 110 valence electrons. The molecule has 0 aliphatic heterocycles. The molecule has 0 bridgehead atoms. The van der Waals surface area contributed by atoms with Crippen molar-refractivity contribution in [2.24, 2.45) is 0 Å². The minimum Gasteiger partial charge on any atom is -0.477 e. The fourth-order valence-corrected chi connectivity index (χ4v) is 2.18. The van der Waals surface area contributed by atoms with Crippen molar-refractivity contribution in [2.45, 2.75) is 25.8 Å². The fourth-order valence-electron chi connectivity index (χ4n) is 2.18. The van der Waals surface area contributed by atoms with Crippen LogP contribution in [0.15, 0.2) is 48.5 Å². The zero-order valence-corrected chi connectivity index (χ0v) is 12.1. The summed E-state index contributed by atoms with van der Waals surface area (Å²) in [5.74, 6) is -0.494. The Bertz CT molecular complexity index is 584. The molecule has 1 unspecified atom stereocenters. The highest BCUT2D eigenvalue weighted by Gasteiger charge is 2.06. The molecule has 0 saturated carbocycles. The van der Waals surface area contributed by atoms with Gasteiger partial charge in [-0.2, -0.15) is 0 Å². The van der Waals surface area contributed by atoms with Gasteiger partial charge in [-0.05, 0) is 36.6 Å². The van der Waals surface area contributed by atoms with Gasteiger partial charge >= 0.3 is 5.97 Å². The van der Waals surface area contributed by atoms with E-state index < -0.39 is 5.97 Å². The van der Waals surface area contributed by atoms with Crippen molar-refractivity contribution in [3.8, 4) is 0 Å². The molecule has 0 aliphatic carbocycles. The third-order valence-electron chi connectivity index (χ3n) is 3.45. The average molecular weight is 284 g/mol. The lowest BCUT2D eigenvalue weighted by atomic mass is 9.98. The molecule has 1 aromatic heterocycles. The van der Waals surface area contributed by atoms with E-state index in [4.69, 9.17) is 5.11 Å². The number of carbonyl (C=O) groups is 1. The number of nitrogens with zero attached hydrogens (tertiary/aromatic N) is 1. The van der Waals surface area contributed by atoms with Crippen LogP contribution in [0, 0.1) is 0 Å². The monoisotopic (exact) mass is 284 g/mol. The number of nitrogens with one attached hydrogen (secondary N) is 1. The molecule has 0 aliphatic rings. The largest absolute Gasteiger partial charge is 0.477 e. The summed E-state index contributed by atoms with van der Waals surface area (Å²) in [5.41, 5.74) is 2.18. The van der Waals surface area contributed by atoms with Crippen LogP contribution in [0.5, 0.6) is 0 Å². The van der Waals surface area contributed by atoms with Gasteiger partial charge in [-0.1, -0.05) is 43.3 Å². The first-order valence-corrected chi connectivity index (χ1v) is 7.11. The third kappa shape index (κ3) is 4.68. The maximum atomic E-state index is 10.8. The van der Waals surface area contributed by atoms with Crippen LogP contribution >= 0.6 is 0 Å². The molecular weight excluding hydrogens is 264 g/mol. The van der Waals surface area contributed by atoms with E-state index in [0.717, 1.165) is 18.7 Å². The van der Waals surface area contributed by atoms with Gasteiger partial charge in [-0.15, -0.1) is 0 Å². The fraction of sp³-hybridized carbons (Fsp3) is 0.294. The summed E-state index contributed by atoms with van der Waals surface area (Å²) in [5, 5.41) is 12.2. The van der Waals surface area contributed by atoms with E-state index in [1.807, 2.05) is 12.1 Å². The summed E-state index contributed by atoms with van der Waals surface area (Å²) < 4.78 is 0. The normalized spacial score (nSPS) is 12.0. The third-order valence-corrected chi connectivity index (χ3v) is 3.45. The number of hydrogen-bond donors (Lipinski definition) is 2. The Labute approximate surface area is 124 Å². The predicted molar refractivity (Wildman–Crippen MR) is 82.4 cm³/mol. The number of carboxylic acid groups (broad SMARTS) is 1. The Morgan fingerprint density at radius 1 is 1.19 bits per heavy atom. The highest BCUT2D eigenvalue weighted by atomic mass is 16.4.